The Morgan fingerprint density at radius 3 is 2.69 bits per heavy atom. The molecule has 0 heteroatoms. The van der Waals surface area contributed by atoms with E-state index in [1.807, 2.05) is 0 Å². The maximum Gasteiger partial charge on any atom is -0.00606 e. The first kappa shape index (κ1) is 8.55. The van der Waals surface area contributed by atoms with Crippen LogP contribution >= 0.6 is 0 Å². The summed E-state index contributed by atoms with van der Waals surface area (Å²) >= 11 is 0. The monoisotopic (exact) mass is 172 g/mol. The predicted molar refractivity (Wildman–Crippen MR) is 57.9 cm³/mol. The molecular weight excluding hydrogens is 156 g/mol. The lowest BCUT2D eigenvalue weighted by molar-refractivity contribution is 0.865. The molecule has 13 heavy (non-hydrogen) atoms. The Kier molecular flexibility index (Phi) is 1.99. The molecule has 2 rings (SSSR count). The van der Waals surface area contributed by atoms with Crippen LogP contribution < -0.4 is 0 Å². The van der Waals surface area contributed by atoms with Crippen LogP contribution in [0.25, 0.3) is 6.08 Å². The minimum atomic E-state index is 0.639. The molecule has 1 aliphatic carbocycles. The van der Waals surface area contributed by atoms with E-state index in [2.05, 4.69) is 45.0 Å². The van der Waals surface area contributed by atoms with Crippen molar-refractivity contribution < 1.29 is 0 Å². The van der Waals surface area contributed by atoms with Crippen LogP contribution in [0.3, 0.4) is 0 Å². The third-order valence-corrected chi connectivity index (χ3v) is 2.71. The van der Waals surface area contributed by atoms with Crippen molar-refractivity contribution in [2.75, 3.05) is 0 Å². The highest BCUT2D eigenvalue weighted by Gasteiger charge is 2.10. The summed E-state index contributed by atoms with van der Waals surface area (Å²) in [6, 6.07) is 6.87. The molecule has 0 aromatic heterocycles. The summed E-state index contributed by atoms with van der Waals surface area (Å²) in [4.78, 5) is 0. The lowest BCUT2D eigenvalue weighted by Crippen LogP contribution is -1.89. The van der Waals surface area contributed by atoms with E-state index < -0.39 is 0 Å². The van der Waals surface area contributed by atoms with Crippen LogP contribution in [0.1, 0.15) is 43.4 Å². The summed E-state index contributed by atoms with van der Waals surface area (Å²) in [7, 11) is 0. The largest absolute Gasteiger partial charge is 0.0683 e. The minimum absolute atomic E-state index is 0.639. The molecule has 0 bridgehead atoms. The molecule has 0 nitrogen and oxygen atoms in total. The van der Waals surface area contributed by atoms with E-state index in [1.165, 1.54) is 22.3 Å². The molecule has 0 atom stereocenters. The summed E-state index contributed by atoms with van der Waals surface area (Å²) in [6.07, 6.45) is 3.45. The van der Waals surface area contributed by atoms with Crippen molar-refractivity contribution in [1.82, 2.24) is 0 Å². The number of rotatable bonds is 1. The smallest absolute Gasteiger partial charge is 0.00606 e. The standard InChI is InChI=1S/C13H16/c1-9(2)11-4-5-12-6-10(3)7-13(12)8-11/h4-5,7-9H,6H2,1-3H3. The Bertz CT molecular complexity index is 356. The number of allylic oxidation sites excluding steroid dienone is 1. The fourth-order valence-electron chi connectivity index (χ4n) is 1.88. The summed E-state index contributed by atoms with van der Waals surface area (Å²) in [6.45, 7) is 6.69. The average molecular weight is 172 g/mol. The van der Waals surface area contributed by atoms with Crippen molar-refractivity contribution >= 4 is 6.08 Å². The molecule has 0 spiro atoms. The molecule has 0 fully saturated rings. The van der Waals surface area contributed by atoms with E-state index in [0.29, 0.717) is 5.92 Å². The molecule has 1 aliphatic rings. The lowest BCUT2D eigenvalue weighted by atomic mass is 9.98. The van der Waals surface area contributed by atoms with Crippen molar-refractivity contribution in [1.29, 1.82) is 0 Å². The van der Waals surface area contributed by atoms with Crippen LogP contribution in [0.15, 0.2) is 23.8 Å². The summed E-state index contributed by atoms with van der Waals surface area (Å²) in [5.41, 5.74) is 5.85. The summed E-state index contributed by atoms with van der Waals surface area (Å²) < 4.78 is 0. The molecule has 0 saturated heterocycles. The van der Waals surface area contributed by atoms with Crippen molar-refractivity contribution in [3.05, 3.63) is 40.5 Å². The van der Waals surface area contributed by atoms with Gasteiger partial charge in [0.15, 0.2) is 0 Å². The second-order valence-electron chi connectivity index (χ2n) is 4.28. The van der Waals surface area contributed by atoms with Gasteiger partial charge in [0.1, 0.15) is 0 Å². The van der Waals surface area contributed by atoms with Gasteiger partial charge in [-0.3, -0.25) is 0 Å². The summed E-state index contributed by atoms with van der Waals surface area (Å²) in [5.74, 6) is 0.639. The topological polar surface area (TPSA) is 0 Å². The van der Waals surface area contributed by atoms with Gasteiger partial charge in [-0.25, -0.2) is 0 Å². The first-order valence-corrected chi connectivity index (χ1v) is 4.97. The van der Waals surface area contributed by atoms with Gasteiger partial charge in [0.2, 0.25) is 0 Å². The summed E-state index contributed by atoms with van der Waals surface area (Å²) in [5, 5.41) is 0. The fraction of sp³-hybridized carbons (Fsp3) is 0.385. The third kappa shape index (κ3) is 1.53. The Morgan fingerprint density at radius 1 is 1.23 bits per heavy atom. The quantitative estimate of drug-likeness (QED) is 0.605. The van der Waals surface area contributed by atoms with Gasteiger partial charge < -0.3 is 0 Å². The van der Waals surface area contributed by atoms with Crippen LogP contribution in [0.4, 0.5) is 0 Å². The minimum Gasteiger partial charge on any atom is -0.0683 e. The van der Waals surface area contributed by atoms with Crippen molar-refractivity contribution in [2.24, 2.45) is 0 Å². The van der Waals surface area contributed by atoms with Gasteiger partial charge in [0.05, 0.1) is 0 Å². The van der Waals surface area contributed by atoms with Crippen LogP contribution in [0, 0.1) is 0 Å². The second-order valence-corrected chi connectivity index (χ2v) is 4.28. The molecule has 0 N–H and O–H groups in total. The van der Waals surface area contributed by atoms with Crippen LogP contribution in [-0.2, 0) is 6.42 Å². The molecular formula is C13H16. The van der Waals surface area contributed by atoms with E-state index in [-0.39, 0.29) is 0 Å². The van der Waals surface area contributed by atoms with Gasteiger partial charge in [-0.05, 0) is 36.0 Å². The number of hydrogen-bond donors (Lipinski definition) is 0. The zero-order valence-electron chi connectivity index (χ0n) is 8.59. The molecule has 1 aromatic rings. The molecule has 0 radical (unpaired) electrons. The average Bonchev–Trinajstić information content (AvgIpc) is 2.42. The lowest BCUT2D eigenvalue weighted by Gasteiger charge is -2.07. The maximum atomic E-state index is 2.33. The van der Waals surface area contributed by atoms with E-state index in [9.17, 15) is 0 Å². The van der Waals surface area contributed by atoms with E-state index in [1.54, 1.807) is 0 Å². The number of hydrogen-bond acceptors (Lipinski definition) is 0. The maximum absolute atomic E-state index is 2.33. The van der Waals surface area contributed by atoms with Gasteiger partial charge in [0.25, 0.3) is 0 Å². The Morgan fingerprint density at radius 2 is 2.00 bits per heavy atom. The number of benzene rings is 1. The molecule has 0 aliphatic heterocycles. The highest BCUT2D eigenvalue weighted by atomic mass is 14.1. The van der Waals surface area contributed by atoms with Crippen molar-refractivity contribution in [3.63, 3.8) is 0 Å². The Balaban J connectivity index is 2.43. The van der Waals surface area contributed by atoms with E-state index >= 15 is 0 Å². The van der Waals surface area contributed by atoms with Gasteiger partial charge in [-0.15, -0.1) is 0 Å². The second kappa shape index (κ2) is 3.02. The Labute approximate surface area is 80.3 Å². The zero-order valence-corrected chi connectivity index (χ0v) is 8.59. The normalized spacial score (nSPS) is 14.6. The van der Waals surface area contributed by atoms with E-state index in [0.717, 1.165) is 6.42 Å². The fourth-order valence-corrected chi connectivity index (χ4v) is 1.88. The van der Waals surface area contributed by atoms with Crippen molar-refractivity contribution in [2.45, 2.75) is 33.1 Å². The molecule has 68 valence electrons. The number of fused-ring (bicyclic) bond motifs is 1. The SMILES string of the molecule is CC1=Cc2cc(C(C)C)ccc2C1. The highest BCUT2D eigenvalue weighted by Crippen LogP contribution is 2.27. The first-order chi connectivity index (χ1) is 6.16. The van der Waals surface area contributed by atoms with Crippen LogP contribution in [-0.4, -0.2) is 0 Å². The highest BCUT2D eigenvalue weighted by molar-refractivity contribution is 5.64. The van der Waals surface area contributed by atoms with Gasteiger partial charge in [-0.2, -0.15) is 0 Å². The van der Waals surface area contributed by atoms with Crippen LogP contribution in [0.5, 0.6) is 0 Å². The predicted octanol–water partition coefficient (Wildman–Crippen LogP) is 3.77. The van der Waals surface area contributed by atoms with Crippen molar-refractivity contribution in [3.8, 4) is 0 Å². The van der Waals surface area contributed by atoms with E-state index in [4.69, 9.17) is 0 Å². The molecule has 0 heterocycles. The molecule has 0 saturated carbocycles. The van der Waals surface area contributed by atoms with Gasteiger partial charge in [-0.1, -0.05) is 43.7 Å². The third-order valence-electron chi connectivity index (χ3n) is 2.71. The molecule has 1 aromatic carbocycles. The first-order valence-electron chi connectivity index (χ1n) is 4.97. The Hall–Kier alpha value is -1.04. The van der Waals surface area contributed by atoms with Gasteiger partial charge >= 0.3 is 0 Å². The molecule has 0 unspecified atom stereocenters. The van der Waals surface area contributed by atoms with Gasteiger partial charge in [0, 0.05) is 0 Å². The van der Waals surface area contributed by atoms with Crippen LogP contribution in [0.2, 0.25) is 0 Å². The molecule has 0 amide bonds. The zero-order chi connectivity index (χ0) is 9.42.